The van der Waals surface area contributed by atoms with E-state index in [2.05, 4.69) is 0 Å². The van der Waals surface area contributed by atoms with Gasteiger partial charge in [0.25, 0.3) is 0 Å². The minimum absolute atomic E-state index is 0.0194. The molecule has 1 rings (SSSR count). The predicted molar refractivity (Wildman–Crippen MR) is 48.6 cm³/mol. The van der Waals surface area contributed by atoms with Crippen molar-refractivity contribution in [2.24, 2.45) is 5.92 Å². The van der Waals surface area contributed by atoms with Gasteiger partial charge in [-0.2, -0.15) is 0 Å². The summed E-state index contributed by atoms with van der Waals surface area (Å²) in [5.41, 5.74) is 0. The molecular formula is C10H14O4. The highest BCUT2D eigenvalue weighted by Crippen LogP contribution is 2.23. The van der Waals surface area contributed by atoms with Crippen LogP contribution in [0.1, 0.15) is 33.1 Å². The van der Waals surface area contributed by atoms with Crippen molar-refractivity contribution in [3.63, 3.8) is 0 Å². The van der Waals surface area contributed by atoms with Gasteiger partial charge in [-0.05, 0) is 19.8 Å². The fraction of sp³-hybridized carbons (Fsp3) is 0.700. The Labute approximate surface area is 82.6 Å². The van der Waals surface area contributed by atoms with Gasteiger partial charge in [-0.25, -0.2) is 0 Å². The van der Waals surface area contributed by atoms with Gasteiger partial charge in [-0.3, -0.25) is 14.4 Å². The van der Waals surface area contributed by atoms with E-state index in [1.165, 1.54) is 13.8 Å². The normalized spacial score (nSPS) is 23.3. The van der Waals surface area contributed by atoms with Crippen molar-refractivity contribution in [2.75, 3.05) is 0 Å². The highest BCUT2D eigenvalue weighted by Gasteiger charge is 2.34. The van der Waals surface area contributed by atoms with Gasteiger partial charge in [0, 0.05) is 13.3 Å². The zero-order valence-electron chi connectivity index (χ0n) is 8.41. The molecule has 2 unspecified atom stereocenters. The molecule has 0 amide bonds. The van der Waals surface area contributed by atoms with Gasteiger partial charge >= 0.3 is 5.97 Å². The van der Waals surface area contributed by atoms with Gasteiger partial charge in [-0.1, -0.05) is 0 Å². The fourth-order valence-corrected chi connectivity index (χ4v) is 1.71. The van der Waals surface area contributed by atoms with Crippen molar-refractivity contribution < 1.29 is 19.1 Å². The number of Topliss-reactive ketones (excluding diaryl/α,β-unsaturated/α-hetero) is 2. The first-order chi connectivity index (χ1) is 6.52. The summed E-state index contributed by atoms with van der Waals surface area (Å²) in [5, 5.41) is 0. The SMILES string of the molecule is CC(=O)OC(C)C(=O)C1CCCC1=O. The molecule has 1 fully saturated rings. The minimum atomic E-state index is -0.792. The second-order valence-electron chi connectivity index (χ2n) is 3.57. The Balaban J connectivity index is 2.55. The lowest BCUT2D eigenvalue weighted by atomic mass is 9.98. The van der Waals surface area contributed by atoms with E-state index in [0.29, 0.717) is 12.8 Å². The van der Waals surface area contributed by atoms with E-state index in [1.54, 1.807) is 0 Å². The molecule has 1 aliphatic carbocycles. The molecule has 0 aromatic rings. The Morgan fingerprint density at radius 1 is 1.50 bits per heavy atom. The molecule has 0 heterocycles. The van der Waals surface area contributed by atoms with E-state index in [4.69, 9.17) is 4.74 Å². The fourth-order valence-electron chi connectivity index (χ4n) is 1.71. The van der Waals surface area contributed by atoms with Crippen LogP contribution in [0.3, 0.4) is 0 Å². The van der Waals surface area contributed by atoms with Crippen LogP contribution in [0.2, 0.25) is 0 Å². The molecular weight excluding hydrogens is 184 g/mol. The number of esters is 1. The van der Waals surface area contributed by atoms with Crippen molar-refractivity contribution in [1.82, 2.24) is 0 Å². The summed E-state index contributed by atoms with van der Waals surface area (Å²) in [7, 11) is 0. The summed E-state index contributed by atoms with van der Waals surface area (Å²) < 4.78 is 4.73. The molecule has 0 spiro atoms. The molecule has 0 saturated heterocycles. The van der Waals surface area contributed by atoms with E-state index < -0.39 is 18.0 Å². The largest absolute Gasteiger partial charge is 0.455 e. The average molecular weight is 198 g/mol. The molecule has 0 aromatic carbocycles. The molecule has 0 bridgehead atoms. The first-order valence-corrected chi connectivity index (χ1v) is 4.76. The summed E-state index contributed by atoms with van der Waals surface area (Å²) in [6, 6.07) is 0. The third-order valence-corrected chi connectivity index (χ3v) is 2.39. The maximum absolute atomic E-state index is 11.6. The van der Waals surface area contributed by atoms with Gasteiger partial charge in [0.2, 0.25) is 0 Å². The van der Waals surface area contributed by atoms with Gasteiger partial charge in [-0.15, -0.1) is 0 Å². The van der Waals surface area contributed by atoms with E-state index in [1.807, 2.05) is 0 Å². The lowest BCUT2D eigenvalue weighted by Crippen LogP contribution is -2.31. The van der Waals surface area contributed by atoms with Crippen LogP contribution in [0, 0.1) is 5.92 Å². The predicted octanol–water partition coefficient (Wildman–Crippen LogP) is 0.876. The topological polar surface area (TPSA) is 60.4 Å². The third kappa shape index (κ3) is 2.40. The average Bonchev–Trinajstić information content (AvgIpc) is 2.48. The Morgan fingerprint density at radius 2 is 2.14 bits per heavy atom. The molecule has 1 saturated carbocycles. The van der Waals surface area contributed by atoms with Crippen LogP contribution in [0.15, 0.2) is 0 Å². The van der Waals surface area contributed by atoms with Gasteiger partial charge in [0.1, 0.15) is 5.78 Å². The third-order valence-electron chi connectivity index (χ3n) is 2.39. The molecule has 4 heteroatoms. The van der Waals surface area contributed by atoms with Crippen molar-refractivity contribution >= 4 is 17.5 Å². The van der Waals surface area contributed by atoms with Crippen molar-refractivity contribution in [3.8, 4) is 0 Å². The molecule has 78 valence electrons. The Morgan fingerprint density at radius 3 is 2.57 bits per heavy atom. The van der Waals surface area contributed by atoms with E-state index in [0.717, 1.165) is 6.42 Å². The van der Waals surface area contributed by atoms with Crippen molar-refractivity contribution in [2.45, 2.75) is 39.2 Å². The number of carbonyl (C=O) groups excluding carboxylic acids is 3. The number of ether oxygens (including phenoxy) is 1. The monoisotopic (exact) mass is 198 g/mol. The molecule has 4 nitrogen and oxygen atoms in total. The number of rotatable bonds is 3. The van der Waals surface area contributed by atoms with Gasteiger partial charge < -0.3 is 4.74 Å². The van der Waals surface area contributed by atoms with Crippen LogP contribution < -0.4 is 0 Å². The first kappa shape index (κ1) is 10.9. The molecule has 1 aliphatic rings. The zero-order valence-corrected chi connectivity index (χ0v) is 8.41. The molecule has 0 aromatic heterocycles. The van der Waals surface area contributed by atoms with Gasteiger partial charge in [0.05, 0.1) is 5.92 Å². The second-order valence-corrected chi connectivity index (χ2v) is 3.57. The van der Waals surface area contributed by atoms with Crippen LogP contribution in [-0.2, 0) is 19.1 Å². The van der Waals surface area contributed by atoms with Crippen LogP contribution >= 0.6 is 0 Å². The quantitative estimate of drug-likeness (QED) is 0.499. The minimum Gasteiger partial charge on any atom is -0.455 e. The summed E-state index contributed by atoms with van der Waals surface area (Å²) in [5.74, 6) is -1.31. The van der Waals surface area contributed by atoms with Crippen LogP contribution in [0.25, 0.3) is 0 Å². The van der Waals surface area contributed by atoms with Gasteiger partial charge in [0.15, 0.2) is 11.9 Å². The number of hydrogen-bond donors (Lipinski definition) is 0. The second kappa shape index (κ2) is 4.35. The smallest absolute Gasteiger partial charge is 0.303 e. The lowest BCUT2D eigenvalue weighted by molar-refractivity contribution is -0.154. The number of ketones is 2. The van der Waals surface area contributed by atoms with E-state index in [9.17, 15) is 14.4 Å². The number of hydrogen-bond acceptors (Lipinski definition) is 4. The molecule has 2 atom stereocenters. The van der Waals surface area contributed by atoms with E-state index >= 15 is 0 Å². The summed E-state index contributed by atoms with van der Waals surface area (Å²) in [4.78, 5) is 33.4. The Hall–Kier alpha value is -1.19. The number of carbonyl (C=O) groups is 3. The first-order valence-electron chi connectivity index (χ1n) is 4.76. The maximum Gasteiger partial charge on any atom is 0.303 e. The maximum atomic E-state index is 11.6. The summed E-state index contributed by atoms with van der Waals surface area (Å²) in [6.45, 7) is 2.76. The van der Waals surface area contributed by atoms with Crippen LogP contribution in [0.5, 0.6) is 0 Å². The standard InChI is InChI=1S/C10H14O4/c1-6(14-7(2)11)10(13)8-4-3-5-9(8)12/h6,8H,3-5H2,1-2H3. The summed E-state index contributed by atoms with van der Waals surface area (Å²) in [6.07, 6.45) is 1.05. The molecule has 0 N–H and O–H groups in total. The summed E-state index contributed by atoms with van der Waals surface area (Å²) >= 11 is 0. The Bertz CT molecular complexity index is 269. The molecule has 0 aliphatic heterocycles. The highest BCUT2D eigenvalue weighted by atomic mass is 16.5. The zero-order chi connectivity index (χ0) is 10.7. The van der Waals surface area contributed by atoms with E-state index in [-0.39, 0.29) is 11.6 Å². The lowest BCUT2D eigenvalue weighted by Gasteiger charge is -2.13. The Kier molecular flexibility index (Phi) is 3.38. The van der Waals surface area contributed by atoms with Crippen LogP contribution in [-0.4, -0.2) is 23.6 Å². The van der Waals surface area contributed by atoms with Crippen molar-refractivity contribution in [3.05, 3.63) is 0 Å². The van der Waals surface area contributed by atoms with Crippen LogP contribution in [0.4, 0.5) is 0 Å². The van der Waals surface area contributed by atoms with Crippen molar-refractivity contribution in [1.29, 1.82) is 0 Å². The molecule has 0 radical (unpaired) electrons. The highest BCUT2D eigenvalue weighted by molar-refractivity contribution is 6.05. The molecule has 14 heavy (non-hydrogen) atoms.